The molecule has 0 saturated carbocycles. The van der Waals surface area contributed by atoms with Crippen LogP contribution in [-0.4, -0.2) is 11.1 Å². The predicted octanol–water partition coefficient (Wildman–Crippen LogP) is 2.85. The van der Waals surface area contributed by atoms with Crippen molar-refractivity contribution in [1.29, 1.82) is 0 Å². The molecule has 0 aliphatic heterocycles. The third-order valence-electron chi connectivity index (χ3n) is 2.77. The molecule has 17 heavy (non-hydrogen) atoms. The molecule has 1 rings (SSSR count). The lowest BCUT2D eigenvalue weighted by Gasteiger charge is -2.09. The number of amides is 1. The van der Waals surface area contributed by atoms with Gasteiger partial charge in [-0.2, -0.15) is 0 Å². The normalized spacial score (nSPS) is 12.8. The van der Waals surface area contributed by atoms with Gasteiger partial charge in [0.2, 0.25) is 5.91 Å². The highest BCUT2D eigenvalue weighted by Gasteiger charge is 2.13. The minimum Gasteiger partial charge on any atom is -0.359 e. The van der Waals surface area contributed by atoms with Crippen molar-refractivity contribution in [2.45, 2.75) is 53.0 Å². The predicted molar refractivity (Wildman–Crippen MR) is 66.5 cm³/mol. The summed E-state index contributed by atoms with van der Waals surface area (Å²) in [5.41, 5.74) is 0.927. The van der Waals surface area contributed by atoms with Crippen molar-refractivity contribution >= 4 is 5.91 Å². The Bertz CT molecular complexity index is 358. The summed E-state index contributed by atoms with van der Waals surface area (Å²) in [6.45, 7) is 8.56. The van der Waals surface area contributed by atoms with Gasteiger partial charge >= 0.3 is 0 Å². The molecule has 1 heterocycles. The van der Waals surface area contributed by atoms with E-state index in [1.54, 1.807) is 0 Å². The van der Waals surface area contributed by atoms with Crippen LogP contribution < -0.4 is 5.32 Å². The third-order valence-corrected chi connectivity index (χ3v) is 2.77. The SMILES string of the molecule is CCCC(C)C(=O)NCc1cc(C(C)C)no1. The monoisotopic (exact) mass is 238 g/mol. The van der Waals surface area contributed by atoms with Gasteiger partial charge in [-0.05, 0) is 12.3 Å². The molecular weight excluding hydrogens is 216 g/mol. The van der Waals surface area contributed by atoms with Crippen molar-refractivity contribution < 1.29 is 9.32 Å². The molecule has 0 saturated heterocycles. The van der Waals surface area contributed by atoms with Crippen LogP contribution in [0.3, 0.4) is 0 Å². The lowest BCUT2D eigenvalue weighted by molar-refractivity contribution is -0.124. The number of hydrogen-bond donors (Lipinski definition) is 1. The second kappa shape index (κ2) is 6.42. The molecule has 0 spiro atoms. The maximum atomic E-state index is 11.7. The molecule has 1 unspecified atom stereocenters. The van der Waals surface area contributed by atoms with Gasteiger partial charge < -0.3 is 9.84 Å². The number of carbonyl (C=O) groups is 1. The van der Waals surface area contributed by atoms with Crippen molar-refractivity contribution in [3.05, 3.63) is 17.5 Å². The second-order valence-electron chi connectivity index (χ2n) is 4.78. The number of nitrogens with one attached hydrogen (secondary N) is 1. The zero-order valence-corrected chi connectivity index (χ0v) is 11.1. The van der Waals surface area contributed by atoms with Gasteiger partial charge in [-0.1, -0.05) is 39.3 Å². The summed E-state index contributed by atoms with van der Waals surface area (Å²) in [5.74, 6) is 1.20. The minimum atomic E-state index is 0.0625. The number of aromatic nitrogens is 1. The first kappa shape index (κ1) is 13.7. The Morgan fingerprint density at radius 2 is 2.18 bits per heavy atom. The van der Waals surface area contributed by atoms with Crippen LogP contribution in [0.4, 0.5) is 0 Å². The summed E-state index contributed by atoms with van der Waals surface area (Å²) < 4.78 is 5.15. The lowest BCUT2D eigenvalue weighted by Crippen LogP contribution is -2.28. The number of carbonyl (C=O) groups excluding carboxylic acids is 1. The summed E-state index contributed by atoms with van der Waals surface area (Å²) in [7, 11) is 0. The van der Waals surface area contributed by atoms with E-state index in [0.717, 1.165) is 18.5 Å². The standard InChI is InChI=1S/C13H22N2O2/c1-5-6-10(4)13(16)14-8-11-7-12(9(2)3)15-17-11/h7,9-10H,5-6,8H2,1-4H3,(H,14,16). The first-order valence-electron chi connectivity index (χ1n) is 6.27. The van der Waals surface area contributed by atoms with Gasteiger partial charge in [0.1, 0.15) is 0 Å². The van der Waals surface area contributed by atoms with Crippen molar-refractivity contribution in [2.75, 3.05) is 0 Å². The first-order valence-corrected chi connectivity index (χ1v) is 6.27. The van der Waals surface area contributed by atoms with Gasteiger partial charge in [0, 0.05) is 12.0 Å². The Kier molecular flexibility index (Phi) is 5.19. The molecule has 1 aromatic rings. The Morgan fingerprint density at radius 3 is 2.71 bits per heavy atom. The van der Waals surface area contributed by atoms with Crippen molar-refractivity contribution in [3.63, 3.8) is 0 Å². The first-order chi connectivity index (χ1) is 8.04. The quantitative estimate of drug-likeness (QED) is 0.829. The van der Waals surface area contributed by atoms with Gasteiger partial charge in [0.05, 0.1) is 12.2 Å². The number of hydrogen-bond acceptors (Lipinski definition) is 3. The highest BCUT2D eigenvalue weighted by Crippen LogP contribution is 2.14. The fourth-order valence-electron chi connectivity index (χ4n) is 1.60. The van der Waals surface area contributed by atoms with Gasteiger partial charge in [-0.15, -0.1) is 0 Å². The topological polar surface area (TPSA) is 55.1 Å². The molecule has 0 aliphatic rings. The van der Waals surface area contributed by atoms with Crippen LogP contribution in [0.5, 0.6) is 0 Å². The molecule has 0 aliphatic carbocycles. The highest BCUT2D eigenvalue weighted by atomic mass is 16.5. The van der Waals surface area contributed by atoms with Crippen molar-refractivity contribution in [3.8, 4) is 0 Å². The van der Waals surface area contributed by atoms with E-state index < -0.39 is 0 Å². The maximum absolute atomic E-state index is 11.7. The lowest BCUT2D eigenvalue weighted by atomic mass is 10.1. The summed E-state index contributed by atoms with van der Waals surface area (Å²) in [5, 5.41) is 6.81. The van der Waals surface area contributed by atoms with Crippen LogP contribution in [-0.2, 0) is 11.3 Å². The second-order valence-corrected chi connectivity index (χ2v) is 4.78. The van der Waals surface area contributed by atoms with Crippen molar-refractivity contribution in [1.82, 2.24) is 10.5 Å². The van der Waals surface area contributed by atoms with E-state index in [0.29, 0.717) is 18.2 Å². The van der Waals surface area contributed by atoms with Crippen molar-refractivity contribution in [2.24, 2.45) is 5.92 Å². The Morgan fingerprint density at radius 1 is 1.47 bits per heavy atom. The van der Waals surface area contributed by atoms with Crippen LogP contribution in [0.25, 0.3) is 0 Å². The van der Waals surface area contributed by atoms with Gasteiger partial charge in [-0.25, -0.2) is 0 Å². The molecule has 0 radical (unpaired) electrons. The zero-order valence-electron chi connectivity index (χ0n) is 11.1. The Labute approximate surface area is 103 Å². The van der Waals surface area contributed by atoms with Crippen LogP contribution in [0.1, 0.15) is 57.9 Å². The van der Waals surface area contributed by atoms with E-state index in [9.17, 15) is 4.79 Å². The molecule has 4 nitrogen and oxygen atoms in total. The molecule has 1 aromatic heterocycles. The van der Waals surface area contributed by atoms with Gasteiger partial charge in [0.15, 0.2) is 5.76 Å². The molecular formula is C13H22N2O2. The highest BCUT2D eigenvalue weighted by molar-refractivity contribution is 5.78. The summed E-state index contributed by atoms with van der Waals surface area (Å²) in [6.07, 6.45) is 1.94. The third kappa shape index (κ3) is 4.21. The Hall–Kier alpha value is -1.32. The number of nitrogens with zero attached hydrogens (tertiary/aromatic N) is 1. The molecule has 0 bridgehead atoms. The van der Waals surface area contributed by atoms with Crippen LogP contribution >= 0.6 is 0 Å². The average molecular weight is 238 g/mol. The maximum Gasteiger partial charge on any atom is 0.223 e. The minimum absolute atomic E-state index is 0.0625. The molecule has 1 atom stereocenters. The van der Waals surface area contributed by atoms with Gasteiger partial charge in [0.25, 0.3) is 0 Å². The molecule has 0 fully saturated rings. The van der Waals surface area contributed by atoms with E-state index in [4.69, 9.17) is 4.52 Å². The van der Waals surface area contributed by atoms with E-state index in [1.165, 1.54) is 0 Å². The summed E-state index contributed by atoms with van der Waals surface area (Å²) in [4.78, 5) is 11.7. The molecule has 4 heteroatoms. The van der Waals surface area contributed by atoms with Crippen LogP contribution in [0.15, 0.2) is 10.6 Å². The molecule has 0 aromatic carbocycles. The summed E-state index contributed by atoms with van der Waals surface area (Å²) >= 11 is 0. The molecule has 1 amide bonds. The molecule has 96 valence electrons. The van der Waals surface area contributed by atoms with E-state index in [-0.39, 0.29) is 11.8 Å². The largest absolute Gasteiger partial charge is 0.359 e. The average Bonchev–Trinajstić information content (AvgIpc) is 2.75. The molecule has 1 N–H and O–H groups in total. The van der Waals surface area contributed by atoms with E-state index in [2.05, 4.69) is 31.2 Å². The van der Waals surface area contributed by atoms with Crippen LogP contribution in [0.2, 0.25) is 0 Å². The van der Waals surface area contributed by atoms with E-state index >= 15 is 0 Å². The van der Waals surface area contributed by atoms with Crippen LogP contribution in [0, 0.1) is 5.92 Å². The number of rotatable bonds is 6. The van der Waals surface area contributed by atoms with E-state index in [1.807, 2.05) is 13.0 Å². The Balaban J connectivity index is 2.41. The zero-order chi connectivity index (χ0) is 12.8. The fourth-order valence-corrected chi connectivity index (χ4v) is 1.60. The fraction of sp³-hybridized carbons (Fsp3) is 0.692. The van der Waals surface area contributed by atoms with Gasteiger partial charge in [-0.3, -0.25) is 4.79 Å². The summed E-state index contributed by atoms with van der Waals surface area (Å²) in [6, 6.07) is 1.90. The smallest absolute Gasteiger partial charge is 0.223 e.